The second-order valence-corrected chi connectivity index (χ2v) is 7.91. The molecule has 1 aliphatic rings. The highest BCUT2D eigenvalue weighted by molar-refractivity contribution is 7.78. The third-order valence-electron chi connectivity index (χ3n) is 5.09. The zero-order chi connectivity index (χ0) is 24.0. The summed E-state index contributed by atoms with van der Waals surface area (Å²) < 4.78 is 8.71. The minimum atomic E-state index is -0.204. The molecule has 1 amide bonds. The highest BCUT2D eigenvalue weighted by atomic mass is 35.5. The average molecular weight is 489 g/mol. The highest BCUT2D eigenvalue weighted by Gasteiger charge is 2.21. The van der Waals surface area contributed by atoms with Gasteiger partial charge in [0.15, 0.2) is 5.65 Å². The standard InChI is InChI=1S/C21H23ClN6O2S.C2H6/c1-3-16-19(27-9-8-17(30-2)18(22)20(27)25-16)21(29)23-12-14-4-6-15(7-5-14)28-11-10-26(31)13-24-28;1-2/h4-9,13,31H,3,10-12H2,1-2H3,(H,23,29);1-2H3. The lowest BCUT2D eigenvalue weighted by Gasteiger charge is -2.26. The third kappa shape index (κ3) is 5.36. The fourth-order valence-corrected chi connectivity index (χ4v) is 3.84. The number of aromatic nitrogens is 2. The van der Waals surface area contributed by atoms with E-state index in [2.05, 4.69) is 28.2 Å². The van der Waals surface area contributed by atoms with E-state index in [-0.39, 0.29) is 5.91 Å². The van der Waals surface area contributed by atoms with Gasteiger partial charge in [-0.2, -0.15) is 5.10 Å². The molecule has 3 heterocycles. The number of hydrogen-bond acceptors (Lipinski definition) is 7. The number of fused-ring (bicyclic) bond motifs is 1. The number of halogens is 1. The summed E-state index contributed by atoms with van der Waals surface area (Å²) in [7, 11) is 1.55. The molecule has 0 saturated heterocycles. The number of carbonyl (C=O) groups excluding carboxylic acids is 1. The summed E-state index contributed by atoms with van der Waals surface area (Å²) >= 11 is 10.6. The molecule has 0 radical (unpaired) electrons. The number of rotatable bonds is 6. The van der Waals surface area contributed by atoms with Gasteiger partial charge in [0, 0.05) is 19.3 Å². The number of ether oxygens (including phenoxy) is 1. The van der Waals surface area contributed by atoms with Crippen molar-refractivity contribution in [1.82, 2.24) is 19.0 Å². The molecule has 1 N–H and O–H groups in total. The smallest absolute Gasteiger partial charge is 0.270 e. The van der Waals surface area contributed by atoms with Crippen LogP contribution in [0.25, 0.3) is 5.65 Å². The van der Waals surface area contributed by atoms with Crippen LogP contribution in [0.5, 0.6) is 5.75 Å². The Labute approximate surface area is 204 Å². The summed E-state index contributed by atoms with van der Waals surface area (Å²) in [5.74, 6) is 0.318. The van der Waals surface area contributed by atoms with E-state index in [1.54, 1.807) is 34.4 Å². The van der Waals surface area contributed by atoms with Gasteiger partial charge in [-0.3, -0.25) is 14.2 Å². The number of amides is 1. The van der Waals surface area contributed by atoms with Crippen LogP contribution in [0.2, 0.25) is 5.02 Å². The Kier molecular flexibility index (Phi) is 8.46. The Morgan fingerprint density at radius 1 is 1.21 bits per heavy atom. The van der Waals surface area contributed by atoms with Crippen LogP contribution in [0, 0.1) is 0 Å². The summed E-state index contributed by atoms with van der Waals surface area (Å²) in [6, 6.07) is 9.67. The van der Waals surface area contributed by atoms with Crippen molar-refractivity contribution in [2.75, 3.05) is 25.2 Å². The quantitative estimate of drug-likeness (QED) is 0.502. The van der Waals surface area contributed by atoms with Gasteiger partial charge in [0.05, 0.1) is 25.0 Å². The lowest BCUT2D eigenvalue weighted by Crippen LogP contribution is -2.32. The van der Waals surface area contributed by atoms with E-state index in [1.807, 2.05) is 50.0 Å². The first-order chi connectivity index (χ1) is 16.0. The average Bonchev–Trinajstić information content (AvgIpc) is 3.25. The van der Waals surface area contributed by atoms with Crippen LogP contribution in [0.1, 0.15) is 42.5 Å². The topological polar surface area (TPSA) is 74.5 Å². The van der Waals surface area contributed by atoms with Gasteiger partial charge in [0.1, 0.15) is 22.8 Å². The maximum Gasteiger partial charge on any atom is 0.270 e. The number of pyridine rings is 1. The summed E-state index contributed by atoms with van der Waals surface area (Å²) in [6.45, 7) is 7.91. The molecule has 0 bridgehead atoms. The van der Waals surface area contributed by atoms with Gasteiger partial charge in [-0.25, -0.2) is 4.98 Å². The van der Waals surface area contributed by atoms with Crippen molar-refractivity contribution in [3.05, 3.63) is 58.5 Å². The number of methoxy groups -OCH3 is 1. The van der Waals surface area contributed by atoms with Gasteiger partial charge in [0.25, 0.3) is 5.91 Å². The van der Waals surface area contributed by atoms with Crippen molar-refractivity contribution < 1.29 is 9.53 Å². The predicted molar refractivity (Wildman–Crippen MR) is 137 cm³/mol. The number of nitrogens with one attached hydrogen (secondary N) is 1. The molecule has 33 heavy (non-hydrogen) atoms. The largest absolute Gasteiger partial charge is 0.495 e. The molecule has 176 valence electrons. The number of hydrogen-bond donors (Lipinski definition) is 2. The Morgan fingerprint density at radius 3 is 2.55 bits per heavy atom. The Bertz CT molecular complexity index is 1130. The second-order valence-electron chi connectivity index (χ2n) is 7.02. The summed E-state index contributed by atoms with van der Waals surface area (Å²) in [5, 5.41) is 9.63. The maximum atomic E-state index is 13.0. The minimum Gasteiger partial charge on any atom is -0.495 e. The van der Waals surface area contributed by atoms with Crippen molar-refractivity contribution in [3.8, 4) is 5.75 Å². The molecule has 0 aliphatic carbocycles. The number of hydrazone groups is 1. The van der Waals surface area contributed by atoms with Crippen molar-refractivity contribution >= 4 is 48.0 Å². The number of carbonyl (C=O) groups is 1. The number of nitrogens with zero attached hydrogens (tertiary/aromatic N) is 5. The molecular weight excluding hydrogens is 460 g/mol. The van der Waals surface area contributed by atoms with Crippen molar-refractivity contribution in [1.29, 1.82) is 0 Å². The molecule has 4 rings (SSSR count). The Balaban J connectivity index is 0.00000149. The van der Waals surface area contributed by atoms with E-state index >= 15 is 0 Å². The Morgan fingerprint density at radius 2 is 1.94 bits per heavy atom. The van der Waals surface area contributed by atoms with E-state index < -0.39 is 0 Å². The van der Waals surface area contributed by atoms with Gasteiger partial charge >= 0.3 is 0 Å². The minimum absolute atomic E-state index is 0.204. The van der Waals surface area contributed by atoms with Crippen LogP contribution in [0.3, 0.4) is 0 Å². The van der Waals surface area contributed by atoms with Crippen LogP contribution >= 0.6 is 24.4 Å². The first-order valence-corrected chi connectivity index (χ1v) is 11.7. The van der Waals surface area contributed by atoms with Crippen molar-refractivity contribution in [2.45, 2.75) is 33.7 Å². The van der Waals surface area contributed by atoms with Crippen LogP contribution in [-0.2, 0) is 13.0 Å². The molecule has 0 atom stereocenters. The molecule has 0 saturated carbocycles. The molecule has 8 nitrogen and oxygen atoms in total. The molecule has 2 aromatic heterocycles. The van der Waals surface area contributed by atoms with Gasteiger partial charge in [-0.15, -0.1) is 0 Å². The maximum absolute atomic E-state index is 13.0. The van der Waals surface area contributed by atoms with Crippen LogP contribution in [-0.4, -0.2) is 46.1 Å². The van der Waals surface area contributed by atoms with Gasteiger partial charge in [-0.1, -0.05) is 57.3 Å². The zero-order valence-corrected chi connectivity index (χ0v) is 20.9. The van der Waals surface area contributed by atoms with Gasteiger partial charge < -0.3 is 14.4 Å². The fourth-order valence-electron chi connectivity index (χ4n) is 3.43. The third-order valence-corrected chi connectivity index (χ3v) is 5.75. The number of imidazole rings is 1. The van der Waals surface area contributed by atoms with E-state index in [9.17, 15) is 4.79 Å². The fraction of sp³-hybridized carbons (Fsp3) is 0.348. The molecular formula is C23H29ClN6O2S. The van der Waals surface area contributed by atoms with Gasteiger partial charge in [0.2, 0.25) is 0 Å². The van der Waals surface area contributed by atoms with Crippen molar-refractivity contribution in [3.63, 3.8) is 0 Å². The second kappa shape index (κ2) is 11.3. The van der Waals surface area contributed by atoms with E-state index in [0.717, 1.165) is 24.3 Å². The van der Waals surface area contributed by atoms with Crippen LogP contribution < -0.4 is 15.1 Å². The monoisotopic (exact) mass is 488 g/mol. The van der Waals surface area contributed by atoms with Crippen LogP contribution in [0.4, 0.5) is 5.69 Å². The highest BCUT2D eigenvalue weighted by Crippen LogP contribution is 2.30. The Hall–Kier alpha value is -2.91. The van der Waals surface area contributed by atoms with E-state index in [4.69, 9.17) is 16.3 Å². The first-order valence-electron chi connectivity index (χ1n) is 10.9. The molecule has 1 aromatic carbocycles. The summed E-state index contributed by atoms with van der Waals surface area (Å²) in [4.78, 5) is 17.5. The van der Waals surface area contributed by atoms with Gasteiger partial charge in [-0.05, 0) is 30.2 Å². The van der Waals surface area contributed by atoms with Crippen molar-refractivity contribution in [2.24, 2.45) is 5.10 Å². The summed E-state index contributed by atoms with van der Waals surface area (Å²) in [6.07, 6.45) is 4.04. The first kappa shape index (κ1) is 24.7. The van der Waals surface area contributed by atoms with E-state index in [0.29, 0.717) is 40.8 Å². The number of aryl methyl sites for hydroxylation is 1. The lowest BCUT2D eigenvalue weighted by molar-refractivity contribution is 0.0944. The lowest BCUT2D eigenvalue weighted by atomic mass is 10.2. The molecule has 0 fully saturated rings. The molecule has 1 aliphatic heterocycles. The summed E-state index contributed by atoms with van der Waals surface area (Å²) in [5.41, 5.74) is 3.66. The normalized spacial score (nSPS) is 13.0. The molecule has 0 spiro atoms. The van der Waals surface area contributed by atoms with E-state index in [1.165, 1.54) is 0 Å². The number of benzene rings is 1. The molecule has 3 aromatic rings. The predicted octanol–water partition coefficient (Wildman–Crippen LogP) is 4.43. The molecule has 0 unspecified atom stereocenters. The zero-order valence-electron chi connectivity index (χ0n) is 19.2. The number of thiol groups is 1. The van der Waals surface area contributed by atoms with Crippen LogP contribution in [0.15, 0.2) is 41.6 Å². The molecule has 10 heteroatoms. The SMILES string of the molecule is CC.CCc1nc2c(Cl)c(OC)ccn2c1C(=O)NCc1ccc(N2CCN(S)C=N2)cc1. The number of anilines is 1.